The summed E-state index contributed by atoms with van der Waals surface area (Å²) in [7, 11) is -2.98. The smallest absolute Gasteiger partial charge is 0.214 e. The number of sulfonamides is 1. The molecule has 0 radical (unpaired) electrons. The first kappa shape index (κ1) is 20.3. The fourth-order valence-electron chi connectivity index (χ4n) is 5.39. The molecule has 0 atom stereocenters. The van der Waals surface area contributed by atoms with Gasteiger partial charge in [-0.05, 0) is 50.3 Å². The van der Waals surface area contributed by atoms with Crippen molar-refractivity contribution in [1.29, 1.82) is 0 Å². The fraction of sp³-hybridized carbons (Fsp3) is 0.652. The molecule has 1 saturated carbocycles. The summed E-state index contributed by atoms with van der Waals surface area (Å²) >= 11 is 0. The van der Waals surface area contributed by atoms with Gasteiger partial charge in [0.1, 0.15) is 11.9 Å². The van der Waals surface area contributed by atoms with Gasteiger partial charge in [0.25, 0.3) is 0 Å². The summed E-state index contributed by atoms with van der Waals surface area (Å²) in [5.74, 6) is 1.32. The lowest BCUT2D eigenvalue weighted by Crippen LogP contribution is -2.42. The maximum Gasteiger partial charge on any atom is 0.214 e. The van der Waals surface area contributed by atoms with E-state index >= 15 is 0 Å². The lowest BCUT2D eigenvalue weighted by Gasteiger charge is -2.33. The Bertz CT molecular complexity index is 973. The molecule has 0 bridgehead atoms. The highest BCUT2D eigenvalue weighted by molar-refractivity contribution is 7.89. The van der Waals surface area contributed by atoms with Crippen molar-refractivity contribution in [1.82, 2.24) is 13.8 Å². The van der Waals surface area contributed by atoms with Crippen molar-refractivity contribution in [2.45, 2.75) is 57.1 Å². The van der Waals surface area contributed by atoms with Crippen LogP contribution in [-0.2, 0) is 10.0 Å². The first-order valence-corrected chi connectivity index (χ1v) is 13.2. The molecule has 3 aliphatic rings. The molecule has 164 valence electrons. The number of ether oxygens (including phenoxy) is 1. The Morgan fingerprint density at radius 1 is 0.933 bits per heavy atom. The van der Waals surface area contributed by atoms with E-state index in [9.17, 15) is 8.42 Å². The van der Waals surface area contributed by atoms with Gasteiger partial charge < -0.3 is 14.2 Å². The van der Waals surface area contributed by atoms with Crippen LogP contribution in [0, 0.1) is 0 Å². The van der Waals surface area contributed by atoms with Crippen LogP contribution in [0.4, 0.5) is 0 Å². The van der Waals surface area contributed by atoms with Crippen molar-refractivity contribution in [2.24, 2.45) is 0 Å². The molecule has 2 aromatic rings. The second-order valence-electron chi connectivity index (χ2n) is 9.08. The van der Waals surface area contributed by atoms with Crippen molar-refractivity contribution < 1.29 is 13.2 Å². The van der Waals surface area contributed by atoms with Crippen molar-refractivity contribution in [3.8, 4) is 5.75 Å². The summed E-state index contributed by atoms with van der Waals surface area (Å²) in [5, 5.41) is 1.23. The van der Waals surface area contributed by atoms with Crippen LogP contribution in [0.15, 0.2) is 30.5 Å². The molecule has 0 unspecified atom stereocenters. The molecular formula is C23H33N3O3S. The van der Waals surface area contributed by atoms with Crippen LogP contribution in [0.2, 0.25) is 0 Å². The minimum Gasteiger partial charge on any atom is -0.490 e. The summed E-state index contributed by atoms with van der Waals surface area (Å²) in [6.07, 6.45) is 10.5. The second kappa shape index (κ2) is 8.52. The van der Waals surface area contributed by atoms with Crippen LogP contribution in [0.3, 0.4) is 0 Å². The van der Waals surface area contributed by atoms with E-state index in [0.29, 0.717) is 24.9 Å². The molecule has 3 fully saturated rings. The third-order valence-electron chi connectivity index (χ3n) is 7.14. The Morgan fingerprint density at radius 3 is 2.47 bits per heavy atom. The van der Waals surface area contributed by atoms with E-state index in [4.69, 9.17) is 4.74 Å². The monoisotopic (exact) mass is 431 g/mol. The van der Waals surface area contributed by atoms with Gasteiger partial charge in [0.05, 0.1) is 11.3 Å². The molecule has 0 spiro atoms. The molecule has 3 heterocycles. The number of hydrogen-bond donors (Lipinski definition) is 0. The van der Waals surface area contributed by atoms with E-state index < -0.39 is 10.0 Å². The van der Waals surface area contributed by atoms with Crippen LogP contribution in [-0.4, -0.2) is 66.8 Å². The van der Waals surface area contributed by atoms with Crippen molar-refractivity contribution >= 4 is 20.9 Å². The SMILES string of the molecule is O=S1(=O)CCCN1CCN1CCC(Oc2cccc3c2ccn3C2CCCC2)CC1. The van der Waals surface area contributed by atoms with E-state index in [2.05, 4.69) is 39.9 Å². The quantitative estimate of drug-likeness (QED) is 0.701. The summed E-state index contributed by atoms with van der Waals surface area (Å²) < 4.78 is 34.5. The molecule has 5 rings (SSSR count). The molecular weight excluding hydrogens is 398 g/mol. The van der Waals surface area contributed by atoms with E-state index in [1.54, 1.807) is 4.31 Å². The normalized spacial score (nSPS) is 24.1. The van der Waals surface area contributed by atoms with E-state index in [1.807, 2.05) is 0 Å². The molecule has 0 N–H and O–H groups in total. The predicted molar refractivity (Wildman–Crippen MR) is 120 cm³/mol. The van der Waals surface area contributed by atoms with Crippen LogP contribution in [0.25, 0.3) is 10.9 Å². The topological polar surface area (TPSA) is 54.8 Å². The largest absolute Gasteiger partial charge is 0.490 e. The third-order valence-corrected chi connectivity index (χ3v) is 9.09. The van der Waals surface area contributed by atoms with E-state index in [0.717, 1.165) is 44.6 Å². The zero-order valence-electron chi connectivity index (χ0n) is 17.7. The van der Waals surface area contributed by atoms with E-state index in [1.165, 1.54) is 36.6 Å². The van der Waals surface area contributed by atoms with E-state index in [-0.39, 0.29) is 6.10 Å². The van der Waals surface area contributed by atoms with Crippen LogP contribution in [0.5, 0.6) is 5.75 Å². The zero-order valence-corrected chi connectivity index (χ0v) is 18.5. The molecule has 7 heteroatoms. The zero-order chi connectivity index (χ0) is 20.6. The minimum absolute atomic E-state index is 0.234. The van der Waals surface area contributed by atoms with Gasteiger partial charge in [-0.25, -0.2) is 12.7 Å². The first-order chi connectivity index (χ1) is 14.6. The number of aromatic nitrogens is 1. The van der Waals surface area contributed by atoms with Gasteiger partial charge in [-0.3, -0.25) is 0 Å². The number of likely N-dealkylation sites (tertiary alicyclic amines) is 1. The van der Waals surface area contributed by atoms with Crippen LogP contribution < -0.4 is 4.74 Å². The molecule has 2 aliphatic heterocycles. The maximum absolute atomic E-state index is 12.0. The molecule has 30 heavy (non-hydrogen) atoms. The lowest BCUT2D eigenvalue weighted by molar-refractivity contribution is 0.0994. The average molecular weight is 432 g/mol. The summed E-state index contributed by atoms with van der Waals surface area (Å²) in [5.41, 5.74) is 1.30. The first-order valence-electron chi connectivity index (χ1n) is 11.6. The summed E-state index contributed by atoms with van der Waals surface area (Å²) in [6, 6.07) is 9.30. The van der Waals surface area contributed by atoms with Gasteiger partial charge in [0, 0.05) is 50.3 Å². The van der Waals surface area contributed by atoms with Gasteiger partial charge in [-0.2, -0.15) is 0 Å². The highest BCUT2D eigenvalue weighted by atomic mass is 32.2. The Labute approximate surface area is 179 Å². The number of fused-ring (bicyclic) bond motifs is 1. The lowest BCUT2D eigenvalue weighted by atomic mass is 10.1. The third kappa shape index (κ3) is 4.12. The molecule has 1 aromatic heterocycles. The second-order valence-corrected chi connectivity index (χ2v) is 11.2. The van der Waals surface area contributed by atoms with Gasteiger partial charge >= 0.3 is 0 Å². The highest BCUT2D eigenvalue weighted by Crippen LogP contribution is 2.36. The summed E-state index contributed by atoms with van der Waals surface area (Å²) in [4.78, 5) is 2.38. The van der Waals surface area contributed by atoms with Crippen molar-refractivity contribution in [2.75, 3.05) is 38.5 Å². The van der Waals surface area contributed by atoms with Gasteiger partial charge in [0.2, 0.25) is 10.0 Å². The summed E-state index contributed by atoms with van der Waals surface area (Å²) in [6.45, 7) is 4.08. The highest BCUT2D eigenvalue weighted by Gasteiger charge is 2.29. The number of benzene rings is 1. The molecule has 6 nitrogen and oxygen atoms in total. The maximum atomic E-state index is 12.0. The Hall–Kier alpha value is -1.57. The van der Waals surface area contributed by atoms with Gasteiger partial charge in [-0.1, -0.05) is 18.9 Å². The Balaban J connectivity index is 1.17. The van der Waals surface area contributed by atoms with Crippen molar-refractivity contribution in [3.63, 3.8) is 0 Å². The number of rotatable bonds is 6. The predicted octanol–water partition coefficient (Wildman–Crippen LogP) is 3.64. The van der Waals surface area contributed by atoms with Crippen LogP contribution in [0.1, 0.15) is 51.0 Å². The Kier molecular flexibility index (Phi) is 5.77. The Morgan fingerprint density at radius 2 is 1.73 bits per heavy atom. The fourth-order valence-corrected chi connectivity index (χ4v) is 6.91. The van der Waals surface area contributed by atoms with Crippen LogP contribution >= 0.6 is 0 Å². The average Bonchev–Trinajstić information content (AvgIpc) is 3.47. The van der Waals surface area contributed by atoms with Gasteiger partial charge in [-0.15, -0.1) is 0 Å². The molecule has 0 amide bonds. The minimum atomic E-state index is -2.98. The van der Waals surface area contributed by atoms with Crippen molar-refractivity contribution in [3.05, 3.63) is 30.5 Å². The number of hydrogen-bond acceptors (Lipinski definition) is 4. The number of nitrogens with zero attached hydrogens (tertiary/aromatic N) is 3. The number of piperidine rings is 1. The molecule has 1 aromatic carbocycles. The van der Waals surface area contributed by atoms with Gasteiger partial charge in [0.15, 0.2) is 0 Å². The molecule has 2 saturated heterocycles. The molecule has 1 aliphatic carbocycles. The standard InChI is InChI=1S/C23H33N3O3S/c27-30(28)18-4-12-25(30)17-16-24-13-9-20(10-14-24)29-23-8-3-7-22-21(23)11-15-26(22)19-5-1-2-6-19/h3,7-8,11,15,19-20H,1-2,4-6,9-10,12-14,16-18H2.